The van der Waals surface area contributed by atoms with Crippen molar-refractivity contribution in [2.45, 2.75) is 39.5 Å². The van der Waals surface area contributed by atoms with Crippen LogP contribution in [0.1, 0.15) is 38.9 Å². The summed E-state index contributed by atoms with van der Waals surface area (Å²) in [4.78, 5) is 4.47. The van der Waals surface area contributed by atoms with Crippen LogP contribution in [0.5, 0.6) is 0 Å². The Morgan fingerprint density at radius 2 is 2.17 bits per heavy atom. The van der Waals surface area contributed by atoms with Crippen molar-refractivity contribution in [2.24, 2.45) is 36.5 Å². The molecule has 1 aromatic rings. The molecule has 0 amide bonds. The van der Waals surface area contributed by atoms with E-state index in [4.69, 9.17) is 5.73 Å². The van der Waals surface area contributed by atoms with Crippen LogP contribution in [-0.4, -0.2) is 16.1 Å². The number of imidazole rings is 1. The van der Waals surface area contributed by atoms with Crippen molar-refractivity contribution in [1.29, 1.82) is 0 Å². The monoisotopic (exact) mass is 249 g/mol. The van der Waals surface area contributed by atoms with Gasteiger partial charge in [0.1, 0.15) is 5.82 Å². The number of hydrogen-bond donors (Lipinski definition) is 1. The summed E-state index contributed by atoms with van der Waals surface area (Å²) in [5.41, 5.74) is 5.95. The maximum atomic E-state index is 5.95. The highest BCUT2D eigenvalue weighted by Gasteiger charge is 2.31. The van der Waals surface area contributed by atoms with E-state index in [9.17, 15) is 0 Å². The van der Waals surface area contributed by atoms with Gasteiger partial charge in [-0.3, -0.25) is 0 Å². The molecule has 0 bridgehead atoms. The van der Waals surface area contributed by atoms with Gasteiger partial charge in [-0.05, 0) is 49.5 Å². The van der Waals surface area contributed by atoms with Gasteiger partial charge in [0.15, 0.2) is 0 Å². The lowest BCUT2D eigenvalue weighted by Crippen LogP contribution is -2.33. The quantitative estimate of drug-likeness (QED) is 0.891. The van der Waals surface area contributed by atoms with Gasteiger partial charge in [0, 0.05) is 25.9 Å². The first-order valence-corrected chi connectivity index (χ1v) is 7.28. The van der Waals surface area contributed by atoms with Crippen LogP contribution in [0.25, 0.3) is 0 Å². The van der Waals surface area contributed by atoms with Gasteiger partial charge in [-0.15, -0.1) is 0 Å². The molecule has 0 aromatic carbocycles. The Labute approximate surface area is 111 Å². The average molecular weight is 249 g/mol. The van der Waals surface area contributed by atoms with Gasteiger partial charge in [-0.25, -0.2) is 4.98 Å². The van der Waals surface area contributed by atoms with Gasteiger partial charge in [0.25, 0.3) is 0 Å². The van der Waals surface area contributed by atoms with Crippen LogP contribution < -0.4 is 5.73 Å². The Bertz CT molecular complexity index is 370. The van der Waals surface area contributed by atoms with E-state index in [1.807, 2.05) is 12.4 Å². The number of aryl methyl sites for hydroxylation is 1. The predicted molar refractivity (Wildman–Crippen MR) is 75.1 cm³/mol. The highest BCUT2D eigenvalue weighted by molar-refractivity contribution is 4.96. The Morgan fingerprint density at radius 1 is 1.39 bits per heavy atom. The first kappa shape index (κ1) is 13.6. The second-order valence-electron chi connectivity index (χ2n) is 6.23. The van der Waals surface area contributed by atoms with Gasteiger partial charge in [-0.2, -0.15) is 0 Å². The Hall–Kier alpha value is -0.830. The molecule has 3 nitrogen and oxygen atoms in total. The fraction of sp³-hybridized carbons (Fsp3) is 0.800. The fourth-order valence-electron chi connectivity index (χ4n) is 3.36. The summed E-state index contributed by atoms with van der Waals surface area (Å²) in [5.74, 6) is 4.29. The molecule has 102 valence electrons. The molecule has 3 heteroatoms. The molecule has 0 saturated heterocycles. The largest absolute Gasteiger partial charge is 0.338 e. The van der Waals surface area contributed by atoms with Crippen molar-refractivity contribution >= 4 is 0 Å². The zero-order valence-corrected chi connectivity index (χ0v) is 12.0. The average Bonchev–Trinajstić information content (AvgIpc) is 2.75. The van der Waals surface area contributed by atoms with Crippen LogP contribution in [0.3, 0.4) is 0 Å². The molecule has 1 fully saturated rings. The van der Waals surface area contributed by atoms with Crippen LogP contribution >= 0.6 is 0 Å². The van der Waals surface area contributed by atoms with Crippen LogP contribution in [0, 0.1) is 23.7 Å². The van der Waals surface area contributed by atoms with Gasteiger partial charge in [0.05, 0.1) is 0 Å². The van der Waals surface area contributed by atoms with Crippen LogP contribution in [0.2, 0.25) is 0 Å². The highest BCUT2D eigenvalue weighted by Crippen LogP contribution is 2.38. The van der Waals surface area contributed by atoms with Crippen molar-refractivity contribution in [2.75, 3.05) is 6.54 Å². The Kier molecular flexibility index (Phi) is 4.44. The standard InChI is InChI=1S/C15H27N3/c1-11(2)12-4-5-13(10-16)14(8-12)9-15-17-6-7-18(15)3/h6-7,11-14H,4-5,8-10,16H2,1-3H3. The van der Waals surface area contributed by atoms with E-state index in [-0.39, 0.29) is 0 Å². The minimum Gasteiger partial charge on any atom is -0.338 e. The lowest BCUT2D eigenvalue weighted by molar-refractivity contribution is 0.149. The van der Waals surface area contributed by atoms with Gasteiger partial charge >= 0.3 is 0 Å². The van der Waals surface area contributed by atoms with Crippen molar-refractivity contribution in [3.63, 3.8) is 0 Å². The molecule has 1 aliphatic carbocycles. The van der Waals surface area contributed by atoms with Crippen LogP contribution in [0.15, 0.2) is 12.4 Å². The number of hydrogen-bond acceptors (Lipinski definition) is 2. The molecule has 3 atom stereocenters. The first-order valence-electron chi connectivity index (χ1n) is 7.28. The van der Waals surface area contributed by atoms with E-state index >= 15 is 0 Å². The zero-order chi connectivity index (χ0) is 13.1. The SMILES string of the molecule is CC(C)C1CCC(CN)C(Cc2nccn2C)C1. The number of nitrogens with two attached hydrogens (primary N) is 1. The molecule has 3 unspecified atom stereocenters. The van der Waals surface area contributed by atoms with Crippen molar-refractivity contribution in [3.8, 4) is 0 Å². The Morgan fingerprint density at radius 3 is 2.72 bits per heavy atom. The van der Waals surface area contributed by atoms with Gasteiger partial charge < -0.3 is 10.3 Å². The number of rotatable bonds is 4. The summed E-state index contributed by atoms with van der Waals surface area (Å²) < 4.78 is 2.15. The summed E-state index contributed by atoms with van der Waals surface area (Å²) in [5, 5.41) is 0. The van der Waals surface area contributed by atoms with E-state index in [1.165, 1.54) is 25.1 Å². The molecule has 0 aliphatic heterocycles. The third-order valence-electron chi connectivity index (χ3n) is 4.79. The third-order valence-corrected chi connectivity index (χ3v) is 4.79. The predicted octanol–water partition coefficient (Wildman–Crippen LogP) is 2.61. The molecule has 0 radical (unpaired) electrons. The van der Waals surface area contributed by atoms with E-state index in [1.54, 1.807) is 0 Å². The molecular weight excluding hydrogens is 222 g/mol. The van der Waals surface area contributed by atoms with E-state index in [0.717, 1.165) is 30.7 Å². The molecule has 0 spiro atoms. The lowest BCUT2D eigenvalue weighted by atomic mass is 9.69. The van der Waals surface area contributed by atoms with Crippen LogP contribution in [-0.2, 0) is 13.5 Å². The molecule has 2 N–H and O–H groups in total. The van der Waals surface area contributed by atoms with Crippen molar-refractivity contribution < 1.29 is 0 Å². The molecule has 1 aromatic heterocycles. The third kappa shape index (κ3) is 2.94. The summed E-state index contributed by atoms with van der Waals surface area (Å²) in [7, 11) is 2.09. The minimum absolute atomic E-state index is 0.691. The van der Waals surface area contributed by atoms with Crippen molar-refractivity contribution in [1.82, 2.24) is 9.55 Å². The highest BCUT2D eigenvalue weighted by atomic mass is 15.0. The second-order valence-corrected chi connectivity index (χ2v) is 6.23. The molecule has 1 saturated carbocycles. The molecule has 1 heterocycles. The summed E-state index contributed by atoms with van der Waals surface area (Å²) in [6.07, 6.45) is 9.01. The molecule has 1 aliphatic rings. The first-order chi connectivity index (χ1) is 8.61. The van der Waals surface area contributed by atoms with Gasteiger partial charge in [0.2, 0.25) is 0 Å². The second kappa shape index (κ2) is 5.87. The van der Waals surface area contributed by atoms with Crippen molar-refractivity contribution in [3.05, 3.63) is 18.2 Å². The summed E-state index contributed by atoms with van der Waals surface area (Å²) in [6, 6.07) is 0. The summed E-state index contributed by atoms with van der Waals surface area (Å²) >= 11 is 0. The smallest absolute Gasteiger partial charge is 0.108 e. The topological polar surface area (TPSA) is 43.8 Å². The maximum Gasteiger partial charge on any atom is 0.108 e. The van der Waals surface area contributed by atoms with Crippen LogP contribution in [0.4, 0.5) is 0 Å². The molecule has 2 rings (SSSR count). The Balaban J connectivity index is 2.04. The minimum atomic E-state index is 0.691. The number of aromatic nitrogens is 2. The fourth-order valence-corrected chi connectivity index (χ4v) is 3.36. The molecular formula is C15H27N3. The zero-order valence-electron chi connectivity index (χ0n) is 12.0. The lowest BCUT2D eigenvalue weighted by Gasteiger charge is -2.37. The summed E-state index contributed by atoms with van der Waals surface area (Å²) in [6.45, 7) is 5.54. The normalized spacial score (nSPS) is 28.8. The van der Waals surface area contributed by atoms with E-state index < -0.39 is 0 Å². The molecule has 18 heavy (non-hydrogen) atoms. The van der Waals surface area contributed by atoms with E-state index in [0.29, 0.717) is 5.92 Å². The van der Waals surface area contributed by atoms with E-state index in [2.05, 4.69) is 30.4 Å². The number of nitrogens with zero attached hydrogens (tertiary/aromatic N) is 2. The van der Waals surface area contributed by atoms with Gasteiger partial charge in [-0.1, -0.05) is 13.8 Å². The maximum absolute atomic E-state index is 5.95.